The van der Waals surface area contributed by atoms with Gasteiger partial charge in [0.1, 0.15) is 15.0 Å². The van der Waals surface area contributed by atoms with Gasteiger partial charge in [0.15, 0.2) is 0 Å². The molecule has 6 heteroatoms. The van der Waals surface area contributed by atoms with Crippen molar-refractivity contribution in [2.75, 3.05) is 0 Å². The molecule has 0 spiro atoms. The minimum atomic E-state index is 0.725. The minimum Gasteiger partial charge on any atom is -0.287 e. The van der Waals surface area contributed by atoms with E-state index in [4.69, 9.17) is 0 Å². The zero-order valence-electron chi connectivity index (χ0n) is 9.67. The van der Waals surface area contributed by atoms with Gasteiger partial charge in [-0.05, 0) is 19.8 Å². The predicted octanol–water partition coefficient (Wildman–Crippen LogP) is 2.47. The second-order valence-corrected chi connectivity index (χ2v) is 6.52. The predicted molar refractivity (Wildman–Crippen MR) is 69.0 cm³/mol. The summed E-state index contributed by atoms with van der Waals surface area (Å²) in [5.74, 6) is 0. The molecule has 1 saturated carbocycles. The monoisotopic (exact) mass is 266 g/mol. The van der Waals surface area contributed by atoms with E-state index < -0.39 is 0 Å². The molecular weight excluding hydrogens is 252 g/mol. The number of aromatic nitrogens is 3. The van der Waals surface area contributed by atoms with Crippen molar-refractivity contribution in [1.82, 2.24) is 20.1 Å². The van der Waals surface area contributed by atoms with Gasteiger partial charge < -0.3 is 0 Å². The van der Waals surface area contributed by atoms with Gasteiger partial charge in [0.25, 0.3) is 0 Å². The maximum Gasteiger partial charge on any atom is 0.131 e. The smallest absolute Gasteiger partial charge is 0.131 e. The van der Waals surface area contributed by atoms with Gasteiger partial charge in [-0.25, -0.2) is 4.98 Å². The zero-order chi connectivity index (χ0) is 11.7. The molecule has 0 aliphatic heterocycles. The van der Waals surface area contributed by atoms with Crippen molar-refractivity contribution in [3.05, 3.63) is 26.6 Å². The molecule has 0 unspecified atom stereocenters. The van der Waals surface area contributed by atoms with E-state index in [1.54, 1.807) is 22.7 Å². The van der Waals surface area contributed by atoms with Crippen molar-refractivity contribution in [3.8, 4) is 0 Å². The molecule has 0 bridgehead atoms. The number of hydrogen-bond acceptors (Lipinski definition) is 6. The van der Waals surface area contributed by atoms with Crippen LogP contribution in [0.3, 0.4) is 0 Å². The maximum absolute atomic E-state index is 4.36. The summed E-state index contributed by atoms with van der Waals surface area (Å²) in [4.78, 5) is 6.83. The first kappa shape index (κ1) is 11.3. The first-order valence-corrected chi connectivity index (χ1v) is 7.42. The Hall–Kier alpha value is -0.850. The lowest BCUT2D eigenvalue weighted by Gasteiger charge is -2.18. The van der Waals surface area contributed by atoms with Crippen LogP contribution in [-0.4, -0.2) is 26.1 Å². The highest BCUT2D eigenvalue weighted by molar-refractivity contribution is 7.11. The van der Waals surface area contributed by atoms with Gasteiger partial charge in [-0.15, -0.1) is 32.9 Å². The van der Waals surface area contributed by atoms with Crippen molar-refractivity contribution >= 4 is 22.7 Å². The summed E-state index contributed by atoms with van der Waals surface area (Å²) < 4.78 is 0. The molecular formula is C11H14N4S2. The summed E-state index contributed by atoms with van der Waals surface area (Å²) >= 11 is 3.42. The van der Waals surface area contributed by atoms with Gasteiger partial charge in [0.2, 0.25) is 0 Å². The lowest BCUT2D eigenvalue weighted by molar-refractivity contribution is 0.244. The van der Waals surface area contributed by atoms with Crippen LogP contribution in [0.4, 0.5) is 0 Å². The van der Waals surface area contributed by atoms with E-state index in [9.17, 15) is 0 Å². The quantitative estimate of drug-likeness (QED) is 0.833. The normalized spacial score (nSPS) is 15.6. The Bertz CT molecular complexity index is 475. The third kappa shape index (κ3) is 2.88. The number of rotatable bonds is 5. The van der Waals surface area contributed by atoms with E-state index >= 15 is 0 Å². The highest BCUT2D eigenvalue weighted by Crippen LogP contribution is 2.30. The molecule has 0 saturated heterocycles. The Labute approximate surface area is 108 Å². The first-order valence-electron chi connectivity index (χ1n) is 5.72. The SMILES string of the molecule is Cc1nnc(CN(Cc2nccs2)C2CC2)s1. The molecule has 3 rings (SSSR count). The number of nitrogens with zero attached hydrogens (tertiary/aromatic N) is 4. The molecule has 1 fully saturated rings. The molecule has 0 amide bonds. The molecule has 0 radical (unpaired) electrons. The summed E-state index contributed by atoms with van der Waals surface area (Å²) in [5.41, 5.74) is 0. The van der Waals surface area contributed by atoms with E-state index in [1.165, 1.54) is 17.8 Å². The number of aryl methyl sites for hydroxylation is 1. The Kier molecular flexibility index (Phi) is 3.17. The van der Waals surface area contributed by atoms with Crippen LogP contribution in [0.1, 0.15) is 27.9 Å². The summed E-state index contributed by atoms with van der Waals surface area (Å²) in [6.07, 6.45) is 4.49. The van der Waals surface area contributed by atoms with Gasteiger partial charge in [-0.2, -0.15) is 0 Å². The second kappa shape index (κ2) is 4.80. The largest absolute Gasteiger partial charge is 0.287 e. The molecule has 4 nitrogen and oxygen atoms in total. The Morgan fingerprint density at radius 1 is 1.29 bits per heavy atom. The molecule has 0 atom stereocenters. The summed E-state index contributed by atoms with van der Waals surface area (Å²) in [6, 6.07) is 0.725. The van der Waals surface area contributed by atoms with Crippen molar-refractivity contribution in [2.24, 2.45) is 0 Å². The fraction of sp³-hybridized carbons (Fsp3) is 0.545. The highest BCUT2D eigenvalue weighted by Gasteiger charge is 2.30. The van der Waals surface area contributed by atoms with E-state index in [-0.39, 0.29) is 0 Å². The van der Waals surface area contributed by atoms with Gasteiger partial charge in [-0.3, -0.25) is 4.90 Å². The average Bonchev–Trinajstić information content (AvgIpc) is 2.89. The lowest BCUT2D eigenvalue weighted by Crippen LogP contribution is -2.24. The van der Waals surface area contributed by atoms with Crippen LogP contribution in [0, 0.1) is 6.92 Å². The van der Waals surface area contributed by atoms with Gasteiger partial charge >= 0.3 is 0 Å². The lowest BCUT2D eigenvalue weighted by atomic mass is 10.4. The molecule has 0 aromatic carbocycles. The van der Waals surface area contributed by atoms with Crippen molar-refractivity contribution in [1.29, 1.82) is 0 Å². The van der Waals surface area contributed by atoms with Gasteiger partial charge in [0.05, 0.1) is 13.1 Å². The molecule has 2 aromatic rings. The third-order valence-electron chi connectivity index (χ3n) is 2.79. The highest BCUT2D eigenvalue weighted by atomic mass is 32.1. The van der Waals surface area contributed by atoms with Crippen LogP contribution < -0.4 is 0 Å². The Morgan fingerprint density at radius 3 is 2.71 bits per heavy atom. The molecule has 1 aliphatic rings. The average molecular weight is 266 g/mol. The van der Waals surface area contributed by atoms with E-state index in [0.29, 0.717) is 0 Å². The molecule has 0 N–H and O–H groups in total. The number of thiazole rings is 1. The zero-order valence-corrected chi connectivity index (χ0v) is 11.3. The summed E-state index contributed by atoms with van der Waals surface area (Å²) in [5, 5.41) is 13.7. The second-order valence-electron chi connectivity index (χ2n) is 4.28. The number of hydrogen-bond donors (Lipinski definition) is 0. The molecule has 17 heavy (non-hydrogen) atoms. The van der Waals surface area contributed by atoms with Crippen LogP contribution in [-0.2, 0) is 13.1 Å². The fourth-order valence-electron chi connectivity index (χ4n) is 1.83. The van der Waals surface area contributed by atoms with E-state index in [2.05, 4.69) is 20.1 Å². The fourth-order valence-corrected chi connectivity index (χ4v) is 3.21. The van der Waals surface area contributed by atoms with Crippen LogP contribution in [0.5, 0.6) is 0 Å². The maximum atomic E-state index is 4.36. The molecule has 1 aliphatic carbocycles. The van der Waals surface area contributed by atoms with Crippen LogP contribution in [0.25, 0.3) is 0 Å². The molecule has 2 aromatic heterocycles. The summed E-state index contributed by atoms with van der Waals surface area (Å²) in [6.45, 7) is 3.86. The van der Waals surface area contributed by atoms with Crippen LogP contribution in [0.2, 0.25) is 0 Å². The van der Waals surface area contributed by atoms with E-state index in [1.807, 2.05) is 18.5 Å². The Morgan fingerprint density at radius 2 is 2.12 bits per heavy atom. The van der Waals surface area contributed by atoms with E-state index in [0.717, 1.165) is 29.1 Å². The molecule has 90 valence electrons. The molecule has 2 heterocycles. The van der Waals surface area contributed by atoms with Crippen molar-refractivity contribution in [2.45, 2.75) is 38.9 Å². The van der Waals surface area contributed by atoms with Crippen LogP contribution in [0.15, 0.2) is 11.6 Å². The van der Waals surface area contributed by atoms with Gasteiger partial charge in [0, 0.05) is 17.6 Å². The van der Waals surface area contributed by atoms with Crippen molar-refractivity contribution < 1.29 is 0 Å². The standard InChI is InChI=1S/C11H14N4S2/c1-8-13-14-11(17-8)7-15(9-2-3-9)6-10-12-4-5-16-10/h4-5,9H,2-3,6-7H2,1H3. The summed E-state index contributed by atoms with van der Waals surface area (Å²) in [7, 11) is 0. The minimum absolute atomic E-state index is 0.725. The topological polar surface area (TPSA) is 41.9 Å². The van der Waals surface area contributed by atoms with Gasteiger partial charge in [-0.1, -0.05) is 0 Å². The van der Waals surface area contributed by atoms with Crippen molar-refractivity contribution in [3.63, 3.8) is 0 Å². The Balaban J connectivity index is 1.68. The van der Waals surface area contributed by atoms with Crippen LogP contribution >= 0.6 is 22.7 Å². The first-order chi connectivity index (χ1) is 8.31. The third-order valence-corrected chi connectivity index (χ3v) is 4.38.